The monoisotopic (exact) mass is 640 g/mol. The van der Waals surface area contributed by atoms with Crippen LogP contribution in [0.2, 0.25) is 0 Å². The van der Waals surface area contributed by atoms with Crippen LogP contribution in [0.25, 0.3) is 97.5 Å². The predicted octanol–water partition coefficient (Wildman–Crippen LogP) is 13.0. The fraction of sp³-hybridized carbons (Fsp3) is 0. The Labute approximate surface area is 287 Å². The lowest BCUT2D eigenvalue weighted by molar-refractivity contribution is 1.43. The fourth-order valence-corrected chi connectivity index (χ4v) is 8.24. The van der Waals surface area contributed by atoms with E-state index < -0.39 is 0 Å². The first kappa shape index (κ1) is 27.9. The Kier molecular flexibility index (Phi) is 6.39. The Morgan fingerprint density at radius 2 is 1.06 bits per heavy atom. The van der Waals surface area contributed by atoms with Crippen LogP contribution in [-0.4, -0.2) is 9.97 Å². The largest absolute Gasteiger partial charge is 0.247 e. The molecule has 0 saturated carbocycles. The van der Waals surface area contributed by atoms with Gasteiger partial charge in [0.2, 0.25) is 0 Å². The molecule has 2 heterocycles. The minimum Gasteiger partial charge on any atom is -0.247 e. The van der Waals surface area contributed by atoms with Gasteiger partial charge in [0.15, 0.2) is 0 Å². The molecule has 0 saturated heterocycles. The average molecular weight is 641 g/mol. The number of benzene rings is 8. The van der Waals surface area contributed by atoms with E-state index in [1.165, 1.54) is 53.7 Å². The predicted molar refractivity (Wildman–Crippen MR) is 209 cm³/mol. The number of thiazole rings is 1. The van der Waals surface area contributed by atoms with Crippen LogP contribution in [0.1, 0.15) is 0 Å². The van der Waals surface area contributed by atoms with Crippen LogP contribution in [0.5, 0.6) is 0 Å². The van der Waals surface area contributed by atoms with Crippen molar-refractivity contribution in [3.05, 3.63) is 170 Å². The van der Waals surface area contributed by atoms with Gasteiger partial charge in [-0.05, 0) is 80.2 Å². The van der Waals surface area contributed by atoms with Crippen molar-refractivity contribution in [1.82, 2.24) is 9.97 Å². The first-order valence-corrected chi connectivity index (χ1v) is 17.4. The van der Waals surface area contributed by atoms with Crippen molar-refractivity contribution in [3.63, 3.8) is 0 Å². The lowest BCUT2D eigenvalue weighted by Gasteiger charge is -2.17. The zero-order chi connectivity index (χ0) is 32.3. The van der Waals surface area contributed by atoms with E-state index in [0.717, 1.165) is 43.8 Å². The van der Waals surface area contributed by atoms with Gasteiger partial charge in [-0.15, -0.1) is 11.3 Å². The molecule has 0 unspecified atom stereocenters. The lowest BCUT2D eigenvalue weighted by atomic mass is 9.89. The highest BCUT2D eigenvalue weighted by Crippen LogP contribution is 2.43. The van der Waals surface area contributed by atoms with E-state index in [-0.39, 0.29) is 0 Å². The molecule has 0 amide bonds. The Morgan fingerprint density at radius 1 is 0.367 bits per heavy atom. The number of para-hydroxylation sites is 1. The van der Waals surface area contributed by atoms with Gasteiger partial charge in [0.05, 0.1) is 21.4 Å². The molecule has 2 aromatic heterocycles. The van der Waals surface area contributed by atoms with Crippen LogP contribution < -0.4 is 0 Å². The van der Waals surface area contributed by atoms with Gasteiger partial charge in [-0.1, -0.05) is 133 Å². The summed E-state index contributed by atoms with van der Waals surface area (Å²) >= 11 is 1.74. The summed E-state index contributed by atoms with van der Waals surface area (Å²) in [7, 11) is 0. The Balaban J connectivity index is 1.18. The molecular formula is C46H28N2S. The summed E-state index contributed by atoms with van der Waals surface area (Å²) in [6.45, 7) is 0. The maximum absolute atomic E-state index is 5.33. The first-order valence-electron chi connectivity index (χ1n) is 16.6. The zero-order valence-electron chi connectivity index (χ0n) is 26.5. The molecule has 0 atom stereocenters. The minimum absolute atomic E-state index is 1.01. The molecule has 0 N–H and O–H groups in total. The van der Waals surface area contributed by atoms with Crippen molar-refractivity contribution in [2.75, 3.05) is 0 Å². The smallest absolute Gasteiger partial charge is 0.124 e. The zero-order valence-corrected chi connectivity index (χ0v) is 27.3. The highest BCUT2D eigenvalue weighted by Gasteiger charge is 2.17. The highest BCUT2D eigenvalue weighted by atomic mass is 32.1. The molecule has 10 rings (SSSR count). The van der Waals surface area contributed by atoms with Gasteiger partial charge < -0.3 is 0 Å². The lowest BCUT2D eigenvalue weighted by Crippen LogP contribution is -1.93. The van der Waals surface area contributed by atoms with E-state index in [1.807, 2.05) is 6.07 Å². The van der Waals surface area contributed by atoms with Crippen molar-refractivity contribution in [3.8, 4) is 44.1 Å². The van der Waals surface area contributed by atoms with Crippen LogP contribution >= 0.6 is 11.3 Å². The molecule has 0 bridgehead atoms. The van der Waals surface area contributed by atoms with Crippen LogP contribution in [0.3, 0.4) is 0 Å². The third-order valence-corrected chi connectivity index (χ3v) is 10.7. The van der Waals surface area contributed by atoms with E-state index in [9.17, 15) is 0 Å². The van der Waals surface area contributed by atoms with Crippen molar-refractivity contribution in [1.29, 1.82) is 0 Å². The first-order chi connectivity index (χ1) is 24.3. The molecule has 0 aliphatic rings. The van der Waals surface area contributed by atoms with E-state index in [1.54, 1.807) is 11.3 Å². The van der Waals surface area contributed by atoms with Crippen molar-refractivity contribution in [2.24, 2.45) is 0 Å². The summed E-state index contributed by atoms with van der Waals surface area (Å²) in [5, 5.41) is 9.53. The molecule has 3 heteroatoms. The topological polar surface area (TPSA) is 25.8 Å². The molecule has 2 nitrogen and oxygen atoms in total. The average Bonchev–Trinajstić information content (AvgIpc) is 3.61. The second kappa shape index (κ2) is 11.2. The molecule has 0 spiro atoms. The van der Waals surface area contributed by atoms with Gasteiger partial charge in [0, 0.05) is 27.3 Å². The number of nitrogens with zero attached hydrogens (tertiary/aromatic N) is 2. The number of fused-ring (bicyclic) bond motifs is 7. The van der Waals surface area contributed by atoms with Gasteiger partial charge in [-0.25, -0.2) is 9.97 Å². The summed E-state index contributed by atoms with van der Waals surface area (Å²) in [4.78, 5) is 10.4. The van der Waals surface area contributed by atoms with E-state index in [4.69, 9.17) is 9.97 Å². The second-order valence-electron chi connectivity index (χ2n) is 12.6. The van der Waals surface area contributed by atoms with Gasteiger partial charge >= 0.3 is 0 Å². The summed E-state index contributed by atoms with van der Waals surface area (Å²) in [6, 6.07) is 61.0. The Hall–Kier alpha value is -6.16. The number of pyridine rings is 1. The summed E-state index contributed by atoms with van der Waals surface area (Å²) in [5.74, 6) is 0. The number of hydrogen-bond acceptors (Lipinski definition) is 3. The van der Waals surface area contributed by atoms with E-state index >= 15 is 0 Å². The van der Waals surface area contributed by atoms with Crippen molar-refractivity contribution < 1.29 is 0 Å². The van der Waals surface area contributed by atoms with Crippen LogP contribution in [0.4, 0.5) is 0 Å². The van der Waals surface area contributed by atoms with Crippen LogP contribution in [0.15, 0.2) is 170 Å². The number of rotatable bonds is 4. The molecule has 8 aromatic carbocycles. The van der Waals surface area contributed by atoms with E-state index in [0.29, 0.717) is 0 Å². The summed E-state index contributed by atoms with van der Waals surface area (Å²) in [5.41, 5.74) is 10.0. The molecule has 49 heavy (non-hydrogen) atoms. The second-order valence-corrected chi connectivity index (χ2v) is 13.6. The molecule has 0 radical (unpaired) electrons. The van der Waals surface area contributed by atoms with E-state index in [2.05, 4.69) is 164 Å². The standard InChI is InChI=1S/C46H28N2S/c1-2-12-30(13-3-1)46-48-42-27-33(23-24-43(42)49-46)32-15-10-16-34(25-32)39-28-40-44(37-18-7-6-17-36(37)39)38-19-8-9-20-41(38)47-45(40)35-22-21-29-11-4-5-14-31(29)26-35/h1-28H. The molecule has 10 aromatic rings. The molecule has 0 fully saturated rings. The number of hydrogen-bond donors (Lipinski definition) is 0. The third kappa shape index (κ3) is 4.70. The normalized spacial score (nSPS) is 11.7. The molecule has 0 aliphatic carbocycles. The van der Waals surface area contributed by atoms with Gasteiger partial charge in [-0.3, -0.25) is 0 Å². The fourth-order valence-electron chi connectivity index (χ4n) is 7.29. The summed E-state index contributed by atoms with van der Waals surface area (Å²) in [6.07, 6.45) is 0. The SMILES string of the molecule is c1ccc(-c2nc3cc(-c4cccc(-c5cc6c(-c7ccc8ccccc8c7)nc7ccccc7c6c6ccccc56)c4)ccc3s2)cc1. The van der Waals surface area contributed by atoms with Crippen molar-refractivity contribution in [2.45, 2.75) is 0 Å². The third-order valence-electron chi connectivity index (χ3n) is 9.64. The van der Waals surface area contributed by atoms with Gasteiger partial charge in [0.25, 0.3) is 0 Å². The minimum atomic E-state index is 1.01. The van der Waals surface area contributed by atoms with Gasteiger partial charge in [0.1, 0.15) is 5.01 Å². The Bertz CT molecular complexity index is 2890. The maximum atomic E-state index is 5.33. The molecule has 0 aliphatic heterocycles. The molecule has 228 valence electrons. The summed E-state index contributed by atoms with van der Waals surface area (Å²) < 4.78 is 1.19. The number of aromatic nitrogens is 2. The van der Waals surface area contributed by atoms with Crippen LogP contribution in [-0.2, 0) is 0 Å². The maximum Gasteiger partial charge on any atom is 0.124 e. The van der Waals surface area contributed by atoms with Crippen molar-refractivity contribution >= 4 is 64.8 Å². The Morgan fingerprint density at radius 3 is 1.96 bits per heavy atom. The van der Waals surface area contributed by atoms with Crippen LogP contribution in [0, 0.1) is 0 Å². The quantitative estimate of drug-likeness (QED) is 0.179. The molecular weight excluding hydrogens is 613 g/mol. The highest BCUT2D eigenvalue weighted by molar-refractivity contribution is 7.21. The van der Waals surface area contributed by atoms with Gasteiger partial charge in [-0.2, -0.15) is 0 Å².